The monoisotopic (exact) mass is 682 g/mol. The van der Waals surface area contributed by atoms with Crippen molar-refractivity contribution >= 4 is 34.3 Å². The molecule has 1 atom stereocenters. The highest BCUT2D eigenvalue weighted by Gasteiger charge is 2.23. The summed E-state index contributed by atoms with van der Waals surface area (Å²) < 4.78 is 35.3. The summed E-state index contributed by atoms with van der Waals surface area (Å²) >= 11 is 0. The number of hydrogen-bond acceptors (Lipinski definition) is 9. The highest BCUT2D eigenvalue weighted by atomic mass is 35.5. The minimum atomic E-state index is -4.23. The number of rotatable bonds is 13. The van der Waals surface area contributed by atoms with Gasteiger partial charge in [0.05, 0.1) is 22.7 Å². The molecule has 4 rings (SSSR count). The van der Waals surface area contributed by atoms with E-state index in [0.717, 1.165) is 34.9 Å². The lowest BCUT2D eigenvalue weighted by atomic mass is 9.88. The molecule has 0 saturated heterocycles. The molecule has 13 heteroatoms. The van der Waals surface area contributed by atoms with Crippen LogP contribution >= 0.6 is 12.4 Å². The van der Waals surface area contributed by atoms with Gasteiger partial charge in [-0.15, -0.1) is 12.4 Å². The summed E-state index contributed by atoms with van der Waals surface area (Å²) in [5.74, 6) is -0.280. The molecule has 11 nitrogen and oxygen atoms in total. The van der Waals surface area contributed by atoms with Crippen molar-refractivity contribution in [2.45, 2.75) is 78.3 Å². The van der Waals surface area contributed by atoms with Crippen LogP contribution in [0.25, 0.3) is 11.3 Å². The first-order chi connectivity index (χ1) is 21.6. The molecular weight excluding hydrogens is 640 g/mol. The summed E-state index contributed by atoms with van der Waals surface area (Å²) in [6, 6.07) is 14.4. The van der Waals surface area contributed by atoms with Crippen LogP contribution in [0.1, 0.15) is 80.0 Å². The minimum absolute atomic E-state index is 0. The third-order valence-corrected chi connectivity index (χ3v) is 8.54. The molecule has 2 aromatic carbocycles. The number of anilines is 1. The van der Waals surface area contributed by atoms with Gasteiger partial charge in [-0.2, -0.15) is 4.98 Å². The summed E-state index contributed by atoms with van der Waals surface area (Å²) in [7, 11) is -4.23. The normalized spacial score (nSPS) is 12.3. The highest BCUT2D eigenvalue weighted by Crippen LogP contribution is 2.30. The molecule has 3 N–H and O–H groups in total. The van der Waals surface area contributed by atoms with Crippen LogP contribution in [0.4, 0.5) is 5.95 Å². The summed E-state index contributed by atoms with van der Waals surface area (Å²) in [6.07, 6.45) is 2.54. The second-order valence-electron chi connectivity index (χ2n) is 12.8. The number of halogens is 1. The van der Waals surface area contributed by atoms with Crippen LogP contribution in [0.2, 0.25) is 0 Å². The van der Waals surface area contributed by atoms with Crippen molar-refractivity contribution in [3.8, 4) is 17.1 Å². The van der Waals surface area contributed by atoms with Crippen molar-refractivity contribution in [3.05, 3.63) is 89.0 Å². The molecule has 0 aliphatic rings. The number of hydrogen-bond donors (Lipinski definition) is 3. The lowest BCUT2D eigenvalue weighted by Gasteiger charge is -2.27. The van der Waals surface area contributed by atoms with Crippen LogP contribution in [0.3, 0.4) is 0 Å². The van der Waals surface area contributed by atoms with Crippen LogP contribution in [-0.4, -0.2) is 52.1 Å². The molecule has 2 aromatic heterocycles. The standard InChI is InChI=1S/C34H42N6O5S.ClH/c1-21(2)27-14-15-35-29(37-27)19-36-25(18-34(5,6)7)20-45-30-17-28(31-22(3)10-8-11-23(31)4)38-33(39-30)40-46(43,44)26-13-9-12-24(16-26)32(41)42;/h8-17,21,25,36H,18-20H2,1-7H3,(H,41,42)(H,38,39,40);1H/t25-;/m1./s1. The van der Waals surface area contributed by atoms with Crippen LogP contribution < -0.4 is 14.8 Å². The van der Waals surface area contributed by atoms with E-state index < -0.39 is 16.0 Å². The summed E-state index contributed by atoms with van der Waals surface area (Å²) in [5.41, 5.74) is 4.00. The number of carboxylic acids is 1. The number of sulfonamides is 1. The number of benzene rings is 2. The quantitative estimate of drug-likeness (QED) is 0.141. The molecular formula is C34H43ClN6O5S. The van der Waals surface area contributed by atoms with Gasteiger partial charge < -0.3 is 15.2 Å². The Balaban J connectivity index is 0.00000600. The number of carboxylic acid groups (broad SMARTS) is 1. The van der Waals surface area contributed by atoms with E-state index in [2.05, 4.69) is 64.6 Å². The zero-order chi connectivity index (χ0) is 33.6. The van der Waals surface area contributed by atoms with Gasteiger partial charge >= 0.3 is 5.97 Å². The van der Waals surface area contributed by atoms with E-state index in [-0.39, 0.29) is 58.7 Å². The van der Waals surface area contributed by atoms with E-state index in [4.69, 9.17) is 4.74 Å². The zero-order valence-electron chi connectivity index (χ0n) is 27.7. The number of aromatic carboxylic acids is 1. The summed E-state index contributed by atoms with van der Waals surface area (Å²) in [5, 5.41) is 12.9. The molecule has 0 unspecified atom stereocenters. The summed E-state index contributed by atoms with van der Waals surface area (Å²) in [4.78, 5) is 29.3. The number of aromatic nitrogens is 4. The number of ether oxygens (including phenoxy) is 1. The SMILES string of the molecule is Cc1cccc(C)c1-c1cc(OC[C@@H](CC(C)(C)C)NCc2nccc(C(C)C)n2)nc(NS(=O)(=O)c2cccc(C(=O)O)c2)n1.Cl. The molecule has 0 saturated carbocycles. The van der Waals surface area contributed by atoms with Crippen LogP contribution in [-0.2, 0) is 16.6 Å². The minimum Gasteiger partial charge on any atom is -0.478 e. The van der Waals surface area contributed by atoms with Crippen molar-refractivity contribution in [1.29, 1.82) is 0 Å². The molecule has 47 heavy (non-hydrogen) atoms. The van der Waals surface area contributed by atoms with Crippen molar-refractivity contribution in [3.63, 3.8) is 0 Å². The number of nitrogens with zero attached hydrogens (tertiary/aromatic N) is 4. The van der Waals surface area contributed by atoms with Gasteiger partial charge in [-0.25, -0.2) is 32.9 Å². The van der Waals surface area contributed by atoms with Crippen LogP contribution in [0, 0.1) is 19.3 Å². The predicted octanol–water partition coefficient (Wildman–Crippen LogP) is 6.57. The molecule has 0 spiro atoms. The van der Waals surface area contributed by atoms with Gasteiger partial charge in [-0.3, -0.25) is 0 Å². The third-order valence-electron chi connectivity index (χ3n) is 7.22. The van der Waals surface area contributed by atoms with Gasteiger partial charge in [0.2, 0.25) is 11.8 Å². The fraction of sp³-hybridized carbons (Fsp3) is 0.382. The van der Waals surface area contributed by atoms with E-state index >= 15 is 0 Å². The van der Waals surface area contributed by atoms with Crippen molar-refractivity contribution in [1.82, 2.24) is 25.3 Å². The third kappa shape index (κ3) is 10.4. The van der Waals surface area contributed by atoms with Gasteiger partial charge in [-0.1, -0.05) is 58.9 Å². The molecule has 0 bridgehead atoms. The Morgan fingerprint density at radius 2 is 1.66 bits per heavy atom. The molecule has 0 aliphatic heterocycles. The van der Waals surface area contributed by atoms with Crippen LogP contribution in [0.15, 0.2) is 65.7 Å². The molecule has 0 radical (unpaired) electrons. The van der Waals surface area contributed by atoms with Gasteiger partial charge in [0.15, 0.2) is 0 Å². The first kappa shape index (κ1) is 37.3. The molecule has 0 aliphatic carbocycles. The van der Waals surface area contributed by atoms with Gasteiger partial charge in [0, 0.05) is 29.6 Å². The fourth-order valence-electron chi connectivity index (χ4n) is 5.04. The Morgan fingerprint density at radius 3 is 2.30 bits per heavy atom. The van der Waals surface area contributed by atoms with E-state index in [1.165, 1.54) is 18.2 Å². The van der Waals surface area contributed by atoms with E-state index in [1.807, 2.05) is 38.1 Å². The fourth-order valence-corrected chi connectivity index (χ4v) is 6.03. The molecule has 0 amide bonds. The zero-order valence-corrected chi connectivity index (χ0v) is 29.4. The first-order valence-corrected chi connectivity index (χ1v) is 16.6. The molecule has 2 heterocycles. The first-order valence-electron chi connectivity index (χ1n) is 15.1. The maximum Gasteiger partial charge on any atom is 0.335 e. The topological polar surface area (TPSA) is 156 Å². The summed E-state index contributed by atoms with van der Waals surface area (Å²) in [6.45, 7) is 15.2. The molecule has 252 valence electrons. The van der Waals surface area contributed by atoms with E-state index in [9.17, 15) is 18.3 Å². The van der Waals surface area contributed by atoms with Crippen molar-refractivity contribution < 1.29 is 23.1 Å². The largest absolute Gasteiger partial charge is 0.478 e. The highest BCUT2D eigenvalue weighted by molar-refractivity contribution is 7.92. The van der Waals surface area contributed by atoms with Crippen LogP contribution in [0.5, 0.6) is 5.88 Å². The Hall–Kier alpha value is -4.13. The van der Waals surface area contributed by atoms with Gasteiger partial charge in [0.1, 0.15) is 12.4 Å². The van der Waals surface area contributed by atoms with E-state index in [0.29, 0.717) is 18.1 Å². The second kappa shape index (κ2) is 15.6. The average molecular weight is 683 g/mol. The lowest BCUT2D eigenvalue weighted by molar-refractivity contribution is 0.0696. The molecule has 4 aromatic rings. The number of carbonyl (C=O) groups is 1. The maximum absolute atomic E-state index is 13.3. The Bertz CT molecular complexity index is 1790. The number of aryl methyl sites for hydroxylation is 2. The Morgan fingerprint density at radius 1 is 0.979 bits per heavy atom. The second-order valence-corrected chi connectivity index (χ2v) is 14.5. The average Bonchev–Trinajstić information content (AvgIpc) is 2.98. The van der Waals surface area contributed by atoms with Gasteiger partial charge in [-0.05, 0) is 67.0 Å². The van der Waals surface area contributed by atoms with Crippen molar-refractivity contribution in [2.24, 2.45) is 5.41 Å². The van der Waals surface area contributed by atoms with Gasteiger partial charge in [0.25, 0.3) is 10.0 Å². The lowest BCUT2D eigenvalue weighted by Crippen LogP contribution is -2.38. The van der Waals surface area contributed by atoms with Crippen molar-refractivity contribution in [2.75, 3.05) is 11.3 Å². The smallest absolute Gasteiger partial charge is 0.335 e. The predicted molar refractivity (Wildman–Crippen MR) is 185 cm³/mol. The molecule has 0 fully saturated rings. The Kier molecular flexibility index (Phi) is 12.4. The maximum atomic E-state index is 13.3. The van der Waals surface area contributed by atoms with E-state index in [1.54, 1.807) is 12.3 Å². The number of nitrogens with one attached hydrogen (secondary N) is 2. The Labute approximate surface area is 283 Å².